The average molecular weight is 284 g/mol. The molecule has 1 aliphatic heterocycles. The van der Waals surface area contributed by atoms with E-state index in [-0.39, 0.29) is 30.9 Å². The molecule has 1 aliphatic rings. The van der Waals surface area contributed by atoms with E-state index in [0.29, 0.717) is 0 Å². The minimum atomic E-state index is -0.106. The summed E-state index contributed by atoms with van der Waals surface area (Å²) in [4.78, 5) is 4.96. The Morgan fingerprint density at radius 3 is 2.79 bits per heavy atom. The van der Waals surface area contributed by atoms with E-state index >= 15 is 0 Å². The van der Waals surface area contributed by atoms with Crippen molar-refractivity contribution in [3.63, 3.8) is 0 Å². The summed E-state index contributed by atoms with van der Waals surface area (Å²) < 4.78 is 5.71. The van der Waals surface area contributed by atoms with Crippen molar-refractivity contribution in [1.29, 1.82) is 0 Å². The Kier molecular flexibility index (Phi) is 4.97. The van der Waals surface area contributed by atoms with Gasteiger partial charge in [0, 0.05) is 28.9 Å². The molecular weight excluding hydrogens is 260 g/mol. The standard InChI is InChI=1S/C14H24N2O2S/c1-9-6-16(7-12(8-17)18-9)14(11(3)15)13-5-4-10(2)19-13/h4-5,9,11-12,14,17H,6-8,15H2,1-3H3. The zero-order chi connectivity index (χ0) is 14.0. The van der Waals surface area contributed by atoms with E-state index in [4.69, 9.17) is 10.5 Å². The normalized spacial score (nSPS) is 28.3. The Morgan fingerprint density at radius 2 is 2.26 bits per heavy atom. The van der Waals surface area contributed by atoms with Crippen LogP contribution in [0.5, 0.6) is 0 Å². The Balaban J connectivity index is 2.19. The first kappa shape index (κ1) is 14.9. The molecule has 4 unspecified atom stereocenters. The first-order chi connectivity index (χ1) is 9.01. The fourth-order valence-electron chi connectivity index (χ4n) is 2.79. The minimum absolute atomic E-state index is 0.0580. The van der Waals surface area contributed by atoms with Crippen molar-refractivity contribution in [2.45, 2.75) is 45.1 Å². The minimum Gasteiger partial charge on any atom is -0.394 e. The number of aliphatic hydroxyl groups is 1. The summed E-state index contributed by atoms with van der Waals surface area (Å²) in [6.07, 6.45) is 0.0271. The molecule has 1 saturated heterocycles. The topological polar surface area (TPSA) is 58.7 Å². The van der Waals surface area contributed by atoms with Gasteiger partial charge in [0.05, 0.1) is 24.9 Å². The molecule has 4 atom stereocenters. The number of hydrogen-bond donors (Lipinski definition) is 2. The summed E-state index contributed by atoms with van der Waals surface area (Å²) in [6, 6.07) is 4.58. The summed E-state index contributed by atoms with van der Waals surface area (Å²) in [5, 5.41) is 9.34. The van der Waals surface area contributed by atoms with Crippen LogP contribution in [0.3, 0.4) is 0 Å². The molecule has 0 radical (unpaired) electrons. The highest BCUT2D eigenvalue weighted by molar-refractivity contribution is 7.12. The number of aryl methyl sites for hydroxylation is 1. The molecule has 1 fully saturated rings. The molecule has 0 aliphatic carbocycles. The number of nitrogens with zero attached hydrogens (tertiary/aromatic N) is 1. The van der Waals surface area contributed by atoms with Gasteiger partial charge in [-0.15, -0.1) is 11.3 Å². The lowest BCUT2D eigenvalue weighted by Crippen LogP contribution is -2.52. The largest absolute Gasteiger partial charge is 0.394 e. The third kappa shape index (κ3) is 3.55. The monoisotopic (exact) mass is 284 g/mol. The lowest BCUT2D eigenvalue weighted by atomic mass is 10.0. The number of rotatable bonds is 4. The first-order valence-electron chi connectivity index (χ1n) is 6.83. The molecular formula is C14H24N2O2S. The van der Waals surface area contributed by atoms with Crippen LogP contribution in [0.25, 0.3) is 0 Å². The summed E-state index contributed by atoms with van der Waals surface area (Å²) in [5.74, 6) is 0. The van der Waals surface area contributed by atoms with Crippen molar-refractivity contribution in [1.82, 2.24) is 4.90 Å². The van der Waals surface area contributed by atoms with Gasteiger partial charge in [-0.25, -0.2) is 0 Å². The van der Waals surface area contributed by atoms with Crippen molar-refractivity contribution >= 4 is 11.3 Å². The summed E-state index contributed by atoms with van der Waals surface area (Å²) in [7, 11) is 0. The Hall–Kier alpha value is -0.460. The van der Waals surface area contributed by atoms with E-state index in [1.165, 1.54) is 9.75 Å². The van der Waals surface area contributed by atoms with Crippen molar-refractivity contribution in [3.05, 3.63) is 21.9 Å². The van der Waals surface area contributed by atoms with Gasteiger partial charge in [0.2, 0.25) is 0 Å². The number of morpholine rings is 1. The molecule has 2 rings (SSSR count). The maximum atomic E-state index is 9.34. The van der Waals surface area contributed by atoms with Gasteiger partial charge in [0.25, 0.3) is 0 Å². The lowest BCUT2D eigenvalue weighted by molar-refractivity contribution is -0.107. The summed E-state index contributed by atoms with van der Waals surface area (Å²) in [6.45, 7) is 7.88. The van der Waals surface area contributed by atoms with E-state index in [2.05, 4.69) is 24.0 Å². The van der Waals surface area contributed by atoms with Gasteiger partial charge in [-0.2, -0.15) is 0 Å². The number of nitrogens with two attached hydrogens (primary N) is 1. The zero-order valence-corrected chi connectivity index (χ0v) is 12.7. The molecule has 0 aromatic carbocycles. The molecule has 1 aromatic heterocycles. The Bertz CT molecular complexity index is 408. The lowest BCUT2D eigenvalue weighted by Gasteiger charge is -2.41. The van der Waals surface area contributed by atoms with Gasteiger partial charge >= 0.3 is 0 Å². The zero-order valence-electron chi connectivity index (χ0n) is 11.9. The third-order valence-electron chi connectivity index (χ3n) is 3.50. The molecule has 2 heterocycles. The highest BCUT2D eigenvalue weighted by atomic mass is 32.1. The highest BCUT2D eigenvalue weighted by Gasteiger charge is 2.32. The van der Waals surface area contributed by atoms with Crippen LogP contribution in [-0.2, 0) is 4.74 Å². The fourth-order valence-corrected chi connectivity index (χ4v) is 3.92. The first-order valence-corrected chi connectivity index (χ1v) is 7.65. The van der Waals surface area contributed by atoms with Crippen LogP contribution in [0.4, 0.5) is 0 Å². The van der Waals surface area contributed by atoms with Crippen molar-refractivity contribution in [2.24, 2.45) is 5.73 Å². The second-order valence-electron chi connectivity index (χ2n) is 5.46. The molecule has 0 spiro atoms. The molecule has 1 aromatic rings. The molecule has 4 nitrogen and oxygen atoms in total. The van der Waals surface area contributed by atoms with Crippen LogP contribution in [0.15, 0.2) is 12.1 Å². The van der Waals surface area contributed by atoms with Crippen molar-refractivity contribution in [2.75, 3.05) is 19.7 Å². The van der Waals surface area contributed by atoms with Crippen LogP contribution in [0, 0.1) is 6.92 Å². The van der Waals surface area contributed by atoms with E-state index in [1.54, 1.807) is 11.3 Å². The highest BCUT2D eigenvalue weighted by Crippen LogP contribution is 2.31. The number of ether oxygens (including phenoxy) is 1. The number of aliphatic hydroxyl groups excluding tert-OH is 1. The van der Waals surface area contributed by atoms with Gasteiger partial charge in [0.1, 0.15) is 0 Å². The predicted octanol–water partition coefficient (Wildman–Crippen LogP) is 1.53. The van der Waals surface area contributed by atoms with Gasteiger partial charge in [-0.05, 0) is 32.9 Å². The molecule has 19 heavy (non-hydrogen) atoms. The van der Waals surface area contributed by atoms with Gasteiger partial charge in [-0.3, -0.25) is 4.90 Å². The fraction of sp³-hybridized carbons (Fsp3) is 0.714. The van der Waals surface area contributed by atoms with E-state index in [1.807, 2.05) is 13.8 Å². The van der Waals surface area contributed by atoms with Gasteiger partial charge in [0.15, 0.2) is 0 Å². The quantitative estimate of drug-likeness (QED) is 0.880. The van der Waals surface area contributed by atoms with E-state index in [9.17, 15) is 5.11 Å². The SMILES string of the molecule is Cc1ccc(C(C(C)N)N2CC(C)OC(CO)C2)s1. The van der Waals surface area contributed by atoms with Crippen LogP contribution in [0.1, 0.15) is 29.6 Å². The molecule has 108 valence electrons. The third-order valence-corrected chi connectivity index (χ3v) is 4.57. The smallest absolute Gasteiger partial charge is 0.0936 e. The second kappa shape index (κ2) is 6.33. The van der Waals surface area contributed by atoms with Crippen molar-refractivity contribution < 1.29 is 9.84 Å². The Morgan fingerprint density at radius 1 is 1.53 bits per heavy atom. The van der Waals surface area contributed by atoms with Crippen LogP contribution >= 0.6 is 11.3 Å². The van der Waals surface area contributed by atoms with Crippen LogP contribution < -0.4 is 5.73 Å². The molecule has 0 saturated carbocycles. The second-order valence-corrected chi connectivity index (χ2v) is 6.78. The average Bonchev–Trinajstić information content (AvgIpc) is 2.74. The maximum Gasteiger partial charge on any atom is 0.0936 e. The van der Waals surface area contributed by atoms with E-state index < -0.39 is 0 Å². The molecule has 5 heteroatoms. The van der Waals surface area contributed by atoms with E-state index in [0.717, 1.165) is 13.1 Å². The van der Waals surface area contributed by atoms with Crippen LogP contribution in [0.2, 0.25) is 0 Å². The van der Waals surface area contributed by atoms with Crippen molar-refractivity contribution in [3.8, 4) is 0 Å². The number of hydrogen-bond acceptors (Lipinski definition) is 5. The molecule has 0 amide bonds. The molecule has 0 bridgehead atoms. The summed E-state index contributed by atoms with van der Waals surface area (Å²) >= 11 is 1.80. The summed E-state index contributed by atoms with van der Waals surface area (Å²) in [5.41, 5.74) is 6.20. The van der Waals surface area contributed by atoms with Crippen LogP contribution in [-0.4, -0.2) is 48.0 Å². The Labute approximate surface area is 119 Å². The molecule has 3 N–H and O–H groups in total. The van der Waals surface area contributed by atoms with Gasteiger partial charge < -0.3 is 15.6 Å². The maximum absolute atomic E-state index is 9.34. The van der Waals surface area contributed by atoms with Gasteiger partial charge in [-0.1, -0.05) is 0 Å². The number of thiophene rings is 1. The predicted molar refractivity (Wildman–Crippen MR) is 78.4 cm³/mol.